The summed E-state index contributed by atoms with van der Waals surface area (Å²) in [4.78, 5) is 24.3. The number of carbonyl (C=O) groups excluding carboxylic acids is 1. The second kappa shape index (κ2) is 7.31. The molecule has 0 spiro atoms. The molecule has 0 bridgehead atoms. The number of thiazole rings is 1. The predicted octanol–water partition coefficient (Wildman–Crippen LogP) is 4.56. The number of hydrogen-bond acceptors (Lipinski definition) is 6. The molecule has 0 fully saturated rings. The molecule has 27 heavy (non-hydrogen) atoms. The summed E-state index contributed by atoms with van der Waals surface area (Å²) in [6.07, 6.45) is -2.96. The second-order valence-corrected chi connectivity index (χ2v) is 6.51. The fourth-order valence-corrected chi connectivity index (χ4v) is 2.86. The minimum atomic E-state index is -4.56. The summed E-state index contributed by atoms with van der Waals surface area (Å²) in [5, 5.41) is 6.09. The number of nitrogens with zero attached hydrogens (tertiary/aromatic N) is 3. The summed E-state index contributed by atoms with van der Waals surface area (Å²) < 4.78 is 38.0. The van der Waals surface area contributed by atoms with Gasteiger partial charge in [0.15, 0.2) is 16.5 Å². The maximum absolute atomic E-state index is 12.7. The molecule has 3 aromatic heterocycles. The monoisotopic (exact) mass is 393 g/mol. The predicted molar refractivity (Wildman–Crippen MR) is 96.3 cm³/mol. The van der Waals surface area contributed by atoms with E-state index in [1.807, 2.05) is 6.92 Å². The summed E-state index contributed by atoms with van der Waals surface area (Å²) in [5.74, 6) is -0.663. The van der Waals surface area contributed by atoms with Crippen molar-refractivity contribution in [2.45, 2.75) is 20.0 Å². The quantitative estimate of drug-likeness (QED) is 0.679. The van der Waals surface area contributed by atoms with Crippen LogP contribution in [0.1, 0.15) is 27.6 Å². The van der Waals surface area contributed by atoms with E-state index < -0.39 is 17.8 Å². The lowest BCUT2D eigenvalue weighted by molar-refractivity contribution is -0.140. The molecule has 1 amide bonds. The number of carbonyl (C=O) groups is 1. The zero-order valence-electron chi connectivity index (χ0n) is 14.3. The molecule has 10 heteroatoms. The Morgan fingerprint density at radius 2 is 1.81 bits per heavy atom. The smallest absolute Gasteiger partial charge is 0.352 e. The van der Waals surface area contributed by atoms with E-state index in [0.717, 1.165) is 11.1 Å². The molecule has 3 aromatic rings. The Hall–Kier alpha value is -3.01. The Morgan fingerprint density at radius 3 is 2.44 bits per heavy atom. The number of aryl methyl sites for hydroxylation is 2. The molecule has 140 valence electrons. The SMILES string of the molecule is Cc1ccc(Nc2ccc(C)nc2C(=O)Nc2nc(C(F)(F)F)cs2)cn1. The number of nitrogens with one attached hydrogen (secondary N) is 2. The summed E-state index contributed by atoms with van der Waals surface area (Å²) >= 11 is 0.694. The molecule has 2 N–H and O–H groups in total. The van der Waals surface area contributed by atoms with E-state index in [9.17, 15) is 18.0 Å². The number of hydrogen-bond donors (Lipinski definition) is 2. The van der Waals surface area contributed by atoms with E-state index in [-0.39, 0.29) is 10.8 Å². The first-order chi connectivity index (χ1) is 12.7. The van der Waals surface area contributed by atoms with Crippen molar-refractivity contribution in [3.05, 3.63) is 58.6 Å². The standard InChI is InChI=1S/C17H14F3N5OS/c1-9-3-5-11(7-21-9)23-12-6-4-10(2)22-14(12)15(26)25-16-24-13(8-27-16)17(18,19)20/h3-8,23H,1-2H3,(H,24,25,26). The van der Waals surface area contributed by atoms with E-state index in [0.29, 0.717) is 28.4 Å². The van der Waals surface area contributed by atoms with Crippen LogP contribution in [0.2, 0.25) is 0 Å². The fraction of sp³-hybridized carbons (Fsp3) is 0.176. The minimum absolute atomic E-state index is 0.0410. The third-order valence-corrected chi connectivity index (χ3v) is 4.21. The van der Waals surface area contributed by atoms with Gasteiger partial charge in [0.25, 0.3) is 5.91 Å². The number of alkyl halides is 3. The molecule has 0 aromatic carbocycles. The van der Waals surface area contributed by atoms with Crippen LogP contribution in [0.3, 0.4) is 0 Å². The molecule has 0 saturated heterocycles. The Kier molecular flexibility index (Phi) is 5.08. The molecule has 3 rings (SSSR count). The molecule has 0 atom stereocenters. The lowest BCUT2D eigenvalue weighted by atomic mass is 10.2. The Labute approximate surface area is 156 Å². The van der Waals surface area contributed by atoms with Crippen molar-refractivity contribution < 1.29 is 18.0 Å². The van der Waals surface area contributed by atoms with Crippen molar-refractivity contribution in [2.24, 2.45) is 0 Å². The molecule has 0 radical (unpaired) electrons. The average molecular weight is 393 g/mol. The lowest BCUT2D eigenvalue weighted by Gasteiger charge is -2.11. The highest BCUT2D eigenvalue weighted by molar-refractivity contribution is 7.14. The van der Waals surface area contributed by atoms with Crippen LogP contribution < -0.4 is 10.6 Å². The van der Waals surface area contributed by atoms with E-state index >= 15 is 0 Å². The molecule has 0 aliphatic rings. The average Bonchev–Trinajstić information content (AvgIpc) is 3.07. The van der Waals surface area contributed by atoms with Crippen molar-refractivity contribution >= 4 is 33.8 Å². The zero-order valence-corrected chi connectivity index (χ0v) is 15.1. The Morgan fingerprint density at radius 1 is 1.07 bits per heavy atom. The van der Waals surface area contributed by atoms with Gasteiger partial charge in [0, 0.05) is 16.8 Å². The summed E-state index contributed by atoms with van der Waals surface area (Å²) in [6, 6.07) is 6.98. The van der Waals surface area contributed by atoms with E-state index in [1.165, 1.54) is 0 Å². The topological polar surface area (TPSA) is 79.8 Å². The van der Waals surface area contributed by atoms with Gasteiger partial charge in [-0.25, -0.2) is 9.97 Å². The molecule has 0 saturated carbocycles. The third-order valence-electron chi connectivity index (χ3n) is 3.46. The number of rotatable bonds is 4. The normalized spacial score (nSPS) is 11.3. The number of aromatic nitrogens is 3. The van der Waals surface area contributed by atoms with Gasteiger partial charge in [-0.1, -0.05) is 0 Å². The van der Waals surface area contributed by atoms with Gasteiger partial charge in [0.05, 0.1) is 17.6 Å². The van der Waals surface area contributed by atoms with Crippen LogP contribution in [0.4, 0.5) is 29.7 Å². The van der Waals surface area contributed by atoms with Crippen molar-refractivity contribution in [1.29, 1.82) is 0 Å². The van der Waals surface area contributed by atoms with Gasteiger partial charge >= 0.3 is 6.18 Å². The van der Waals surface area contributed by atoms with Gasteiger partial charge in [-0.2, -0.15) is 13.2 Å². The van der Waals surface area contributed by atoms with Crippen molar-refractivity contribution in [2.75, 3.05) is 10.6 Å². The highest BCUT2D eigenvalue weighted by Gasteiger charge is 2.34. The van der Waals surface area contributed by atoms with Gasteiger partial charge in [-0.3, -0.25) is 15.1 Å². The molecular formula is C17H14F3N5OS. The van der Waals surface area contributed by atoms with Gasteiger partial charge in [0.1, 0.15) is 0 Å². The Bertz CT molecular complexity index is 969. The highest BCUT2D eigenvalue weighted by Crippen LogP contribution is 2.32. The van der Waals surface area contributed by atoms with Crippen LogP contribution in [-0.4, -0.2) is 20.9 Å². The first-order valence-corrected chi connectivity index (χ1v) is 8.62. The molecule has 0 aliphatic heterocycles. The lowest BCUT2D eigenvalue weighted by Crippen LogP contribution is -2.16. The molecule has 3 heterocycles. The molecule has 6 nitrogen and oxygen atoms in total. The molecule has 0 unspecified atom stereocenters. The van der Waals surface area contributed by atoms with Crippen molar-refractivity contribution in [3.8, 4) is 0 Å². The van der Waals surface area contributed by atoms with Crippen molar-refractivity contribution in [3.63, 3.8) is 0 Å². The van der Waals surface area contributed by atoms with Gasteiger partial charge in [-0.05, 0) is 38.1 Å². The summed E-state index contributed by atoms with van der Waals surface area (Å²) in [7, 11) is 0. The maximum Gasteiger partial charge on any atom is 0.434 e. The number of amides is 1. The van der Waals surface area contributed by atoms with Crippen LogP contribution in [0.5, 0.6) is 0 Å². The van der Waals surface area contributed by atoms with E-state index in [1.54, 1.807) is 37.4 Å². The van der Waals surface area contributed by atoms with Crippen LogP contribution in [0.25, 0.3) is 0 Å². The fourth-order valence-electron chi connectivity index (χ4n) is 2.15. The minimum Gasteiger partial charge on any atom is -0.352 e. The van der Waals surface area contributed by atoms with Crippen LogP contribution in [0.15, 0.2) is 35.8 Å². The third kappa shape index (κ3) is 4.59. The second-order valence-electron chi connectivity index (χ2n) is 5.65. The summed E-state index contributed by atoms with van der Waals surface area (Å²) in [6.45, 7) is 3.55. The number of anilines is 3. The van der Waals surface area contributed by atoms with E-state index in [4.69, 9.17) is 0 Å². The van der Waals surface area contributed by atoms with Gasteiger partial charge < -0.3 is 5.32 Å². The van der Waals surface area contributed by atoms with Crippen LogP contribution >= 0.6 is 11.3 Å². The first kappa shape index (κ1) is 18.8. The Balaban J connectivity index is 1.84. The molecule has 0 aliphatic carbocycles. The largest absolute Gasteiger partial charge is 0.434 e. The van der Waals surface area contributed by atoms with Crippen LogP contribution in [0, 0.1) is 13.8 Å². The van der Waals surface area contributed by atoms with Gasteiger partial charge in [0.2, 0.25) is 0 Å². The number of halogens is 3. The first-order valence-electron chi connectivity index (χ1n) is 7.74. The highest BCUT2D eigenvalue weighted by atomic mass is 32.1. The molecular weight excluding hydrogens is 379 g/mol. The van der Waals surface area contributed by atoms with E-state index in [2.05, 4.69) is 25.6 Å². The zero-order chi connectivity index (χ0) is 19.6. The summed E-state index contributed by atoms with van der Waals surface area (Å²) in [5.41, 5.74) is 1.46. The van der Waals surface area contributed by atoms with Crippen LogP contribution in [-0.2, 0) is 6.18 Å². The van der Waals surface area contributed by atoms with Gasteiger partial charge in [-0.15, -0.1) is 11.3 Å². The number of pyridine rings is 2. The maximum atomic E-state index is 12.7. The van der Waals surface area contributed by atoms with Crippen molar-refractivity contribution in [1.82, 2.24) is 15.0 Å².